The van der Waals surface area contributed by atoms with Crippen LogP contribution < -0.4 is 11.0 Å². The lowest BCUT2D eigenvalue weighted by Gasteiger charge is -2.27. The number of nitrogens with zero attached hydrogens (tertiary/aromatic N) is 3. The number of amides is 1. The Hall–Kier alpha value is -3.92. The minimum absolute atomic E-state index is 0.00804. The molecule has 0 radical (unpaired) electrons. The maximum Gasteiger partial charge on any atom is 0.416 e. The van der Waals surface area contributed by atoms with Crippen molar-refractivity contribution in [2.75, 3.05) is 0 Å². The Morgan fingerprint density at radius 1 is 0.974 bits per heavy atom. The van der Waals surface area contributed by atoms with Gasteiger partial charge in [-0.2, -0.15) is 13.2 Å². The number of alkyl halides is 3. The predicted molar refractivity (Wildman–Crippen MR) is 135 cm³/mol. The van der Waals surface area contributed by atoms with E-state index in [2.05, 4.69) is 10.4 Å². The third kappa shape index (κ3) is 6.13. The van der Waals surface area contributed by atoms with E-state index in [0.29, 0.717) is 16.1 Å². The summed E-state index contributed by atoms with van der Waals surface area (Å²) in [4.78, 5) is 26.2. The molecule has 1 N–H and O–H groups in total. The van der Waals surface area contributed by atoms with Gasteiger partial charge in [-0.1, -0.05) is 35.9 Å². The maximum absolute atomic E-state index is 13.8. The van der Waals surface area contributed by atoms with Crippen LogP contribution in [0.4, 0.5) is 17.6 Å². The van der Waals surface area contributed by atoms with Crippen LogP contribution in [0.5, 0.6) is 0 Å². The molecule has 0 bridgehead atoms. The first-order valence-corrected chi connectivity index (χ1v) is 11.9. The van der Waals surface area contributed by atoms with Gasteiger partial charge >= 0.3 is 11.9 Å². The molecule has 0 saturated heterocycles. The van der Waals surface area contributed by atoms with Crippen molar-refractivity contribution < 1.29 is 22.4 Å². The normalized spacial score (nSPS) is 12.0. The van der Waals surface area contributed by atoms with Gasteiger partial charge in [0.2, 0.25) is 5.91 Å². The van der Waals surface area contributed by atoms with Crippen LogP contribution in [-0.2, 0) is 29.6 Å². The van der Waals surface area contributed by atoms with Gasteiger partial charge in [-0.05, 0) is 73.5 Å². The van der Waals surface area contributed by atoms with Crippen molar-refractivity contribution in [3.8, 4) is 11.4 Å². The third-order valence-corrected chi connectivity index (χ3v) is 6.16. The molecule has 0 fully saturated rings. The average Bonchev–Trinajstić information content (AvgIpc) is 3.13. The molecule has 0 saturated carbocycles. The Kier molecular flexibility index (Phi) is 7.46. The van der Waals surface area contributed by atoms with Gasteiger partial charge in [0.05, 0.1) is 17.6 Å². The number of halogens is 5. The second-order valence-corrected chi connectivity index (χ2v) is 9.67. The summed E-state index contributed by atoms with van der Waals surface area (Å²) in [6, 6.07) is 17.0. The smallest absolute Gasteiger partial charge is 0.346 e. The number of carbonyl (C=O) groups is 1. The zero-order chi connectivity index (χ0) is 27.7. The first-order chi connectivity index (χ1) is 17.8. The summed E-state index contributed by atoms with van der Waals surface area (Å²) in [7, 11) is 0. The van der Waals surface area contributed by atoms with Gasteiger partial charge in [-0.3, -0.25) is 9.36 Å². The van der Waals surface area contributed by atoms with Crippen molar-refractivity contribution in [2.24, 2.45) is 0 Å². The molecular formula is C27H23ClF4N4O2. The van der Waals surface area contributed by atoms with Crippen LogP contribution in [0, 0.1) is 5.82 Å². The van der Waals surface area contributed by atoms with E-state index in [1.807, 2.05) is 0 Å². The highest BCUT2D eigenvalue weighted by Gasteiger charge is 2.32. The van der Waals surface area contributed by atoms with Gasteiger partial charge in [0, 0.05) is 10.6 Å². The predicted octanol–water partition coefficient (Wildman–Crippen LogP) is 5.62. The lowest BCUT2D eigenvalue weighted by molar-refractivity contribution is -0.137. The van der Waals surface area contributed by atoms with Gasteiger partial charge in [-0.25, -0.2) is 13.9 Å². The van der Waals surface area contributed by atoms with E-state index in [9.17, 15) is 27.2 Å². The van der Waals surface area contributed by atoms with Gasteiger partial charge in [-0.15, -0.1) is 5.10 Å². The summed E-state index contributed by atoms with van der Waals surface area (Å²) in [6.45, 7) is 2.62. The highest BCUT2D eigenvalue weighted by Crippen LogP contribution is 2.32. The van der Waals surface area contributed by atoms with Crippen LogP contribution >= 0.6 is 11.6 Å². The standard InChI is InChI=1S/C27H23ClF4N4O2/c1-26(2,19-6-4-7-20(14-19)27(30,31)32)33-23(37)16-36-25(38)35(15-17-5-3-8-22(29)13-17)24(34-36)18-9-11-21(28)12-10-18/h3-14H,15-16H2,1-2H3,(H,33,37). The topological polar surface area (TPSA) is 68.9 Å². The van der Waals surface area contributed by atoms with E-state index in [4.69, 9.17) is 11.6 Å². The zero-order valence-corrected chi connectivity index (χ0v) is 21.1. The van der Waals surface area contributed by atoms with E-state index in [1.54, 1.807) is 44.2 Å². The second-order valence-electron chi connectivity index (χ2n) is 9.24. The number of hydrogen-bond donors (Lipinski definition) is 1. The number of rotatable bonds is 7. The van der Waals surface area contributed by atoms with E-state index < -0.39 is 41.2 Å². The van der Waals surface area contributed by atoms with Crippen molar-refractivity contribution in [3.63, 3.8) is 0 Å². The number of hydrogen-bond acceptors (Lipinski definition) is 3. The minimum atomic E-state index is -4.53. The molecule has 6 nitrogen and oxygen atoms in total. The van der Waals surface area contributed by atoms with Gasteiger partial charge in [0.15, 0.2) is 5.82 Å². The summed E-state index contributed by atoms with van der Waals surface area (Å²) in [5.41, 5.74) is -1.33. The van der Waals surface area contributed by atoms with Crippen LogP contribution in [0.15, 0.2) is 77.6 Å². The molecular weight excluding hydrogens is 524 g/mol. The summed E-state index contributed by atoms with van der Waals surface area (Å²) >= 11 is 5.99. The molecule has 0 spiro atoms. The quantitative estimate of drug-likeness (QED) is 0.306. The maximum atomic E-state index is 13.8. The number of carbonyl (C=O) groups excluding carboxylic acids is 1. The molecule has 0 aliphatic carbocycles. The number of benzene rings is 3. The van der Waals surface area contributed by atoms with E-state index >= 15 is 0 Å². The molecule has 0 aliphatic rings. The molecule has 198 valence electrons. The minimum Gasteiger partial charge on any atom is -0.346 e. The number of aromatic nitrogens is 3. The molecule has 11 heteroatoms. The molecule has 3 aromatic carbocycles. The lowest BCUT2D eigenvalue weighted by atomic mass is 9.92. The van der Waals surface area contributed by atoms with E-state index in [0.717, 1.165) is 16.8 Å². The molecule has 0 unspecified atom stereocenters. The molecule has 0 atom stereocenters. The van der Waals surface area contributed by atoms with E-state index in [1.165, 1.54) is 34.9 Å². The third-order valence-electron chi connectivity index (χ3n) is 5.91. The molecule has 1 heterocycles. The Labute approximate surface area is 220 Å². The Balaban J connectivity index is 1.63. The van der Waals surface area contributed by atoms with Gasteiger partial charge in [0.25, 0.3) is 0 Å². The van der Waals surface area contributed by atoms with Crippen molar-refractivity contribution in [1.29, 1.82) is 0 Å². The summed E-state index contributed by atoms with van der Waals surface area (Å²) in [5, 5.41) is 7.49. The Morgan fingerprint density at radius 2 is 1.63 bits per heavy atom. The van der Waals surface area contributed by atoms with Crippen LogP contribution in [-0.4, -0.2) is 20.3 Å². The molecule has 4 rings (SSSR count). The van der Waals surface area contributed by atoms with Crippen molar-refractivity contribution >= 4 is 17.5 Å². The number of nitrogens with one attached hydrogen (secondary N) is 1. The van der Waals surface area contributed by atoms with Crippen molar-refractivity contribution in [3.05, 3.63) is 111 Å². The average molecular weight is 547 g/mol. The molecule has 4 aromatic rings. The fraction of sp³-hybridized carbons (Fsp3) is 0.222. The first kappa shape index (κ1) is 27.1. The monoisotopic (exact) mass is 546 g/mol. The summed E-state index contributed by atoms with van der Waals surface area (Å²) < 4.78 is 55.5. The SMILES string of the molecule is CC(C)(NC(=O)Cn1nc(-c2ccc(Cl)cc2)n(Cc2cccc(F)c2)c1=O)c1cccc(C(F)(F)F)c1. The fourth-order valence-electron chi connectivity index (χ4n) is 4.00. The highest BCUT2D eigenvalue weighted by atomic mass is 35.5. The first-order valence-electron chi connectivity index (χ1n) is 11.5. The fourth-order valence-corrected chi connectivity index (χ4v) is 4.12. The molecule has 0 aliphatic heterocycles. The van der Waals surface area contributed by atoms with Crippen molar-refractivity contribution in [1.82, 2.24) is 19.7 Å². The van der Waals surface area contributed by atoms with Crippen LogP contribution in [0.25, 0.3) is 11.4 Å². The van der Waals surface area contributed by atoms with E-state index in [-0.39, 0.29) is 17.9 Å². The summed E-state index contributed by atoms with van der Waals surface area (Å²) in [5.74, 6) is -0.861. The van der Waals surface area contributed by atoms with Gasteiger partial charge in [0.1, 0.15) is 12.4 Å². The zero-order valence-electron chi connectivity index (χ0n) is 20.4. The lowest BCUT2D eigenvalue weighted by Crippen LogP contribution is -2.44. The molecule has 1 aromatic heterocycles. The van der Waals surface area contributed by atoms with Crippen LogP contribution in [0.3, 0.4) is 0 Å². The molecule has 1 amide bonds. The van der Waals surface area contributed by atoms with Crippen LogP contribution in [0.1, 0.15) is 30.5 Å². The van der Waals surface area contributed by atoms with Gasteiger partial charge < -0.3 is 5.32 Å². The second kappa shape index (κ2) is 10.4. The molecule has 38 heavy (non-hydrogen) atoms. The van der Waals surface area contributed by atoms with Crippen molar-refractivity contribution in [2.45, 2.75) is 38.7 Å². The largest absolute Gasteiger partial charge is 0.416 e. The highest BCUT2D eigenvalue weighted by molar-refractivity contribution is 6.30. The van der Waals surface area contributed by atoms with Crippen LogP contribution in [0.2, 0.25) is 5.02 Å². The summed E-state index contributed by atoms with van der Waals surface area (Å²) in [6.07, 6.45) is -4.53. The Bertz CT molecular complexity index is 1530. The Morgan fingerprint density at radius 3 is 2.29 bits per heavy atom.